The van der Waals surface area contributed by atoms with Gasteiger partial charge in [0.15, 0.2) is 0 Å². The van der Waals surface area contributed by atoms with Crippen molar-refractivity contribution >= 4 is 28.4 Å². The summed E-state index contributed by atoms with van der Waals surface area (Å²) in [7, 11) is 4.07. The monoisotopic (exact) mass is 233 g/mol. The first kappa shape index (κ1) is 10.8. The quantitative estimate of drug-likeness (QED) is 0.784. The Kier molecular flexibility index (Phi) is 2.75. The molecule has 2 aromatic rings. The van der Waals surface area contributed by atoms with Crippen LogP contribution in [0.15, 0.2) is 29.0 Å². The first-order valence-corrected chi connectivity index (χ1v) is 5.92. The van der Waals surface area contributed by atoms with Gasteiger partial charge in [-0.05, 0) is 17.7 Å². The smallest absolute Gasteiger partial charge is 0.0554 e. The van der Waals surface area contributed by atoms with E-state index in [4.69, 9.17) is 11.5 Å². The Morgan fingerprint density at radius 3 is 2.44 bits per heavy atom. The molecule has 1 aromatic carbocycles. The highest BCUT2D eigenvalue weighted by molar-refractivity contribution is 7.08. The van der Waals surface area contributed by atoms with Crippen LogP contribution in [0.3, 0.4) is 0 Å². The Labute approximate surface area is 99.3 Å². The zero-order valence-corrected chi connectivity index (χ0v) is 10.2. The third kappa shape index (κ3) is 1.84. The molecule has 0 fully saturated rings. The van der Waals surface area contributed by atoms with E-state index >= 15 is 0 Å². The van der Waals surface area contributed by atoms with Crippen molar-refractivity contribution < 1.29 is 0 Å². The fourth-order valence-electron chi connectivity index (χ4n) is 1.59. The van der Waals surface area contributed by atoms with Crippen LogP contribution in [0.5, 0.6) is 0 Å². The van der Waals surface area contributed by atoms with Gasteiger partial charge in [-0.25, -0.2) is 0 Å². The van der Waals surface area contributed by atoms with E-state index in [1.807, 2.05) is 32.3 Å². The zero-order valence-electron chi connectivity index (χ0n) is 9.40. The molecular formula is C12H15N3S. The molecule has 16 heavy (non-hydrogen) atoms. The van der Waals surface area contributed by atoms with Crippen molar-refractivity contribution in [3.63, 3.8) is 0 Å². The Hall–Kier alpha value is -1.68. The minimum absolute atomic E-state index is 0.630. The summed E-state index contributed by atoms with van der Waals surface area (Å²) in [6.07, 6.45) is 0. The van der Waals surface area contributed by atoms with Crippen LogP contribution in [0.4, 0.5) is 17.1 Å². The number of hydrogen-bond donors (Lipinski definition) is 2. The van der Waals surface area contributed by atoms with Gasteiger partial charge in [0.1, 0.15) is 0 Å². The van der Waals surface area contributed by atoms with Gasteiger partial charge in [-0.1, -0.05) is 6.07 Å². The largest absolute Gasteiger partial charge is 0.397 e. The molecule has 0 aliphatic heterocycles. The maximum atomic E-state index is 5.82. The van der Waals surface area contributed by atoms with Gasteiger partial charge in [0, 0.05) is 30.4 Å². The van der Waals surface area contributed by atoms with E-state index in [-0.39, 0.29) is 0 Å². The molecule has 4 N–H and O–H groups in total. The highest BCUT2D eigenvalue weighted by Crippen LogP contribution is 2.35. The van der Waals surface area contributed by atoms with E-state index in [1.165, 1.54) is 11.3 Å². The third-order valence-electron chi connectivity index (χ3n) is 2.52. The van der Waals surface area contributed by atoms with E-state index in [0.717, 1.165) is 5.56 Å². The summed E-state index contributed by atoms with van der Waals surface area (Å²) in [6.45, 7) is 0. The predicted molar refractivity (Wildman–Crippen MR) is 72.9 cm³/mol. The molecule has 1 heterocycles. The average molecular weight is 233 g/mol. The van der Waals surface area contributed by atoms with Crippen LogP contribution in [-0.4, -0.2) is 14.1 Å². The van der Waals surface area contributed by atoms with Crippen molar-refractivity contribution in [1.29, 1.82) is 0 Å². The van der Waals surface area contributed by atoms with Gasteiger partial charge in [0.2, 0.25) is 0 Å². The van der Waals surface area contributed by atoms with E-state index in [9.17, 15) is 0 Å². The molecule has 4 heteroatoms. The normalized spacial score (nSPS) is 10.4. The predicted octanol–water partition coefficient (Wildman–Crippen LogP) is 2.65. The van der Waals surface area contributed by atoms with Crippen molar-refractivity contribution in [2.45, 2.75) is 0 Å². The van der Waals surface area contributed by atoms with E-state index in [0.29, 0.717) is 11.4 Å². The number of hydrogen-bond acceptors (Lipinski definition) is 4. The van der Waals surface area contributed by atoms with E-state index in [1.54, 1.807) is 11.3 Å². The summed E-state index contributed by atoms with van der Waals surface area (Å²) in [5, 5.41) is 4.25. The maximum Gasteiger partial charge on any atom is 0.0554 e. The highest BCUT2D eigenvalue weighted by Gasteiger charge is 2.08. The molecule has 3 nitrogen and oxygen atoms in total. The Morgan fingerprint density at radius 2 is 1.81 bits per heavy atom. The molecule has 0 spiro atoms. The molecular weight excluding hydrogens is 218 g/mol. The van der Waals surface area contributed by atoms with Crippen LogP contribution >= 0.6 is 11.3 Å². The molecule has 0 saturated carbocycles. The van der Waals surface area contributed by atoms with Crippen molar-refractivity contribution in [1.82, 2.24) is 0 Å². The maximum absolute atomic E-state index is 5.82. The molecule has 0 unspecified atom stereocenters. The summed E-state index contributed by atoms with van der Waals surface area (Å²) in [5.74, 6) is 0. The number of nitrogen functional groups attached to an aromatic ring is 2. The van der Waals surface area contributed by atoms with Gasteiger partial charge < -0.3 is 16.4 Å². The minimum atomic E-state index is 0.630. The van der Waals surface area contributed by atoms with Crippen LogP contribution in [-0.2, 0) is 0 Å². The molecule has 0 bridgehead atoms. The average Bonchev–Trinajstić information content (AvgIpc) is 2.71. The van der Waals surface area contributed by atoms with Crippen molar-refractivity contribution in [2.75, 3.05) is 30.5 Å². The number of anilines is 3. The molecule has 0 amide bonds. The first-order valence-electron chi connectivity index (χ1n) is 4.98. The van der Waals surface area contributed by atoms with Crippen LogP contribution in [0, 0.1) is 0 Å². The molecule has 0 aliphatic carbocycles. The second-order valence-electron chi connectivity index (χ2n) is 3.91. The third-order valence-corrected chi connectivity index (χ3v) is 3.25. The molecule has 1 aromatic heterocycles. The lowest BCUT2D eigenvalue weighted by Crippen LogP contribution is -2.08. The first-order chi connectivity index (χ1) is 7.59. The Bertz CT molecular complexity index is 503. The number of benzene rings is 1. The molecule has 0 atom stereocenters. The van der Waals surface area contributed by atoms with Crippen LogP contribution in [0.2, 0.25) is 0 Å². The van der Waals surface area contributed by atoms with E-state index < -0.39 is 0 Å². The zero-order chi connectivity index (χ0) is 11.7. The van der Waals surface area contributed by atoms with Gasteiger partial charge in [-0.2, -0.15) is 0 Å². The van der Waals surface area contributed by atoms with Crippen LogP contribution < -0.4 is 16.4 Å². The number of rotatable bonds is 2. The van der Waals surface area contributed by atoms with E-state index in [2.05, 4.69) is 15.7 Å². The van der Waals surface area contributed by atoms with Gasteiger partial charge in [-0.15, -0.1) is 11.3 Å². The number of nitrogens with zero attached hydrogens (tertiary/aromatic N) is 1. The van der Waals surface area contributed by atoms with Crippen molar-refractivity contribution in [3.05, 3.63) is 29.0 Å². The molecule has 84 valence electrons. The summed E-state index contributed by atoms with van der Waals surface area (Å²) < 4.78 is 0. The second kappa shape index (κ2) is 4.06. The van der Waals surface area contributed by atoms with Crippen LogP contribution in [0.25, 0.3) is 11.1 Å². The molecule has 0 saturated heterocycles. The molecule has 2 rings (SSSR count). The highest BCUT2D eigenvalue weighted by atomic mass is 32.1. The van der Waals surface area contributed by atoms with Gasteiger partial charge >= 0.3 is 0 Å². The standard InChI is InChI=1S/C12H15N3S/c1-15(2)12-7-16-6-9(12)8-3-4-10(13)11(14)5-8/h3-7H,13-14H2,1-2H3. The SMILES string of the molecule is CN(C)c1cscc1-c1ccc(N)c(N)c1. The van der Waals surface area contributed by atoms with Gasteiger partial charge in [0.25, 0.3) is 0 Å². The van der Waals surface area contributed by atoms with Gasteiger partial charge in [0.05, 0.1) is 17.1 Å². The summed E-state index contributed by atoms with van der Waals surface area (Å²) >= 11 is 1.69. The second-order valence-corrected chi connectivity index (χ2v) is 4.65. The van der Waals surface area contributed by atoms with Crippen molar-refractivity contribution in [2.24, 2.45) is 0 Å². The fraction of sp³-hybridized carbons (Fsp3) is 0.167. The lowest BCUT2D eigenvalue weighted by atomic mass is 10.1. The van der Waals surface area contributed by atoms with Crippen LogP contribution in [0.1, 0.15) is 0 Å². The summed E-state index contributed by atoms with van der Waals surface area (Å²) in [6, 6.07) is 5.77. The van der Waals surface area contributed by atoms with Gasteiger partial charge in [-0.3, -0.25) is 0 Å². The van der Waals surface area contributed by atoms with Crippen molar-refractivity contribution in [3.8, 4) is 11.1 Å². The Morgan fingerprint density at radius 1 is 1.06 bits per heavy atom. The number of thiophene rings is 1. The molecule has 0 radical (unpaired) electrons. The summed E-state index contributed by atoms with van der Waals surface area (Å²) in [4.78, 5) is 2.10. The Balaban J connectivity index is 2.50. The fourth-order valence-corrected chi connectivity index (χ4v) is 2.52. The summed E-state index contributed by atoms with van der Waals surface area (Å²) in [5.41, 5.74) is 16.3. The lowest BCUT2D eigenvalue weighted by molar-refractivity contribution is 1.14. The minimum Gasteiger partial charge on any atom is -0.397 e. The number of nitrogens with two attached hydrogens (primary N) is 2. The molecule has 0 aliphatic rings. The topological polar surface area (TPSA) is 55.3 Å². The lowest BCUT2D eigenvalue weighted by Gasteiger charge is -2.13.